The molecular formula is C28H24FN3O2S. The summed E-state index contributed by atoms with van der Waals surface area (Å²) in [4.78, 5) is 20.2. The van der Waals surface area contributed by atoms with Crippen LogP contribution in [0.15, 0.2) is 95.0 Å². The van der Waals surface area contributed by atoms with E-state index in [0.29, 0.717) is 29.8 Å². The van der Waals surface area contributed by atoms with Crippen molar-refractivity contribution >= 4 is 45.5 Å². The fourth-order valence-corrected chi connectivity index (χ4v) is 5.04. The monoisotopic (exact) mass is 485 g/mol. The number of aromatic nitrogens is 1. The Morgan fingerprint density at radius 3 is 2.69 bits per heavy atom. The summed E-state index contributed by atoms with van der Waals surface area (Å²) in [6.07, 6.45) is 3.91. The van der Waals surface area contributed by atoms with Gasteiger partial charge in [-0.2, -0.15) is 0 Å². The van der Waals surface area contributed by atoms with Gasteiger partial charge in [-0.15, -0.1) is 0 Å². The number of carbonyl (C=O) groups is 1. The van der Waals surface area contributed by atoms with Crippen molar-refractivity contribution in [1.82, 2.24) is 9.47 Å². The first kappa shape index (κ1) is 23.1. The maximum atomic E-state index is 13.6. The number of benzene rings is 3. The molecule has 0 radical (unpaired) electrons. The number of fused-ring (bicyclic) bond motifs is 1. The maximum absolute atomic E-state index is 13.6. The highest BCUT2D eigenvalue weighted by molar-refractivity contribution is 8.18. The number of nitrogens with zero attached hydrogens (tertiary/aromatic N) is 3. The molecule has 176 valence electrons. The Bertz CT molecular complexity index is 1430. The van der Waals surface area contributed by atoms with Crippen LogP contribution in [-0.4, -0.2) is 40.8 Å². The van der Waals surface area contributed by atoms with Crippen molar-refractivity contribution in [1.29, 1.82) is 0 Å². The Morgan fingerprint density at radius 1 is 1.03 bits per heavy atom. The lowest BCUT2D eigenvalue weighted by atomic mass is 10.1. The zero-order chi connectivity index (χ0) is 24.2. The van der Waals surface area contributed by atoms with E-state index in [1.807, 2.05) is 66.9 Å². The van der Waals surface area contributed by atoms with Crippen molar-refractivity contribution in [2.24, 2.45) is 4.99 Å². The summed E-state index contributed by atoms with van der Waals surface area (Å²) < 4.78 is 20.9. The molecule has 5 nitrogen and oxygen atoms in total. The second-order valence-electron chi connectivity index (χ2n) is 8.18. The molecule has 1 fully saturated rings. The molecule has 0 saturated carbocycles. The second kappa shape index (κ2) is 10.3. The molecule has 1 aromatic heterocycles. The number of ether oxygens (including phenoxy) is 1. The molecule has 1 aliphatic rings. The predicted octanol–water partition coefficient (Wildman–Crippen LogP) is 6.08. The van der Waals surface area contributed by atoms with Crippen LogP contribution in [0, 0.1) is 5.82 Å². The standard InChI is InChI=1S/C28H24FN3O2S/c1-34-15-14-32-27(33)26(35-28(32)30-24-8-3-2-4-9-24)18-20-10-11-25-22(16-20)12-13-31(25)19-21-6-5-7-23(29)17-21/h2-13,16-18H,14-15,19H2,1H3/b26-18+,30-28?. The van der Waals surface area contributed by atoms with Gasteiger partial charge in [-0.3, -0.25) is 9.69 Å². The molecule has 2 heterocycles. The van der Waals surface area contributed by atoms with Gasteiger partial charge < -0.3 is 9.30 Å². The lowest BCUT2D eigenvalue weighted by Gasteiger charge is -2.14. The first-order valence-corrected chi connectivity index (χ1v) is 12.1. The quantitative estimate of drug-likeness (QED) is 0.298. The molecule has 35 heavy (non-hydrogen) atoms. The average molecular weight is 486 g/mol. The number of aliphatic imine (C=N–C) groups is 1. The number of carbonyl (C=O) groups excluding carboxylic acids is 1. The molecule has 1 aliphatic heterocycles. The fraction of sp³-hybridized carbons (Fsp3) is 0.143. The molecular weight excluding hydrogens is 461 g/mol. The summed E-state index contributed by atoms with van der Waals surface area (Å²) in [5.41, 5.74) is 3.69. The summed E-state index contributed by atoms with van der Waals surface area (Å²) >= 11 is 1.37. The van der Waals surface area contributed by atoms with E-state index in [9.17, 15) is 9.18 Å². The van der Waals surface area contributed by atoms with Gasteiger partial charge in [0, 0.05) is 30.8 Å². The Hall–Kier alpha value is -3.68. The van der Waals surface area contributed by atoms with Crippen LogP contribution >= 0.6 is 11.8 Å². The molecule has 0 bridgehead atoms. The van der Waals surface area contributed by atoms with Gasteiger partial charge in [-0.25, -0.2) is 9.38 Å². The first-order valence-electron chi connectivity index (χ1n) is 11.3. The zero-order valence-electron chi connectivity index (χ0n) is 19.2. The summed E-state index contributed by atoms with van der Waals surface area (Å²) in [5.74, 6) is -0.313. The third kappa shape index (κ3) is 5.21. The van der Waals surface area contributed by atoms with Gasteiger partial charge in [-0.05, 0) is 71.4 Å². The van der Waals surface area contributed by atoms with Gasteiger partial charge >= 0.3 is 0 Å². The number of amidine groups is 1. The van der Waals surface area contributed by atoms with E-state index in [1.54, 1.807) is 24.1 Å². The molecule has 7 heteroatoms. The minimum atomic E-state index is -0.235. The van der Waals surface area contributed by atoms with E-state index < -0.39 is 0 Å². The van der Waals surface area contributed by atoms with Crippen LogP contribution in [0.1, 0.15) is 11.1 Å². The van der Waals surface area contributed by atoms with Crippen molar-refractivity contribution in [3.8, 4) is 0 Å². The zero-order valence-corrected chi connectivity index (χ0v) is 20.0. The van der Waals surface area contributed by atoms with Crippen molar-refractivity contribution in [3.05, 3.63) is 107 Å². The van der Waals surface area contributed by atoms with Crippen molar-refractivity contribution in [2.75, 3.05) is 20.3 Å². The molecule has 0 unspecified atom stereocenters. The van der Waals surface area contributed by atoms with Crippen LogP contribution in [0.3, 0.4) is 0 Å². The Balaban J connectivity index is 1.41. The van der Waals surface area contributed by atoms with Crippen LogP contribution < -0.4 is 0 Å². The molecule has 0 aliphatic carbocycles. The number of halogens is 1. The first-order chi connectivity index (χ1) is 17.1. The average Bonchev–Trinajstić information content (AvgIpc) is 3.38. The normalized spacial score (nSPS) is 16.2. The number of para-hydroxylation sites is 1. The van der Waals surface area contributed by atoms with Gasteiger partial charge in [-0.1, -0.05) is 36.4 Å². The second-order valence-corrected chi connectivity index (χ2v) is 9.19. The summed E-state index contributed by atoms with van der Waals surface area (Å²) in [7, 11) is 1.62. The van der Waals surface area contributed by atoms with E-state index in [-0.39, 0.29) is 11.7 Å². The summed E-state index contributed by atoms with van der Waals surface area (Å²) in [6, 6.07) is 24.4. The van der Waals surface area contributed by atoms with Crippen LogP contribution in [0.25, 0.3) is 17.0 Å². The number of amides is 1. The molecule has 3 aromatic carbocycles. The Morgan fingerprint density at radius 2 is 1.89 bits per heavy atom. The minimum Gasteiger partial charge on any atom is -0.383 e. The van der Waals surface area contributed by atoms with Crippen LogP contribution in [0.2, 0.25) is 0 Å². The number of methoxy groups -OCH3 is 1. The molecule has 0 atom stereocenters. The Labute approximate surface area is 207 Å². The van der Waals surface area contributed by atoms with Crippen molar-refractivity contribution in [3.63, 3.8) is 0 Å². The highest BCUT2D eigenvalue weighted by Crippen LogP contribution is 2.34. The predicted molar refractivity (Wildman–Crippen MR) is 140 cm³/mol. The third-order valence-corrected chi connectivity index (χ3v) is 6.73. The highest BCUT2D eigenvalue weighted by atomic mass is 32.2. The molecule has 5 rings (SSSR count). The number of hydrogen-bond acceptors (Lipinski definition) is 4. The topological polar surface area (TPSA) is 46.8 Å². The number of hydrogen-bond donors (Lipinski definition) is 0. The lowest BCUT2D eigenvalue weighted by Crippen LogP contribution is -2.32. The Kier molecular flexibility index (Phi) is 6.79. The smallest absolute Gasteiger partial charge is 0.266 e. The van der Waals surface area contributed by atoms with Crippen LogP contribution in [0.5, 0.6) is 0 Å². The van der Waals surface area contributed by atoms with Crippen molar-refractivity contribution < 1.29 is 13.9 Å². The largest absolute Gasteiger partial charge is 0.383 e. The molecule has 1 amide bonds. The highest BCUT2D eigenvalue weighted by Gasteiger charge is 2.33. The summed E-state index contributed by atoms with van der Waals surface area (Å²) in [5, 5.41) is 1.70. The van der Waals surface area contributed by atoms with Gasteiger partial charge in [0.1, 0.15) is 5.82 Å². The number of thioether (sulfide) groups is 1. The molecule has 0 spiro atoms. The van der Waals surface area contributed by atoms with Gasteiger partial charge in [0.2, 0.25) is 0 Å². The van der Waals surface area contributed by atoms with Crippen LogP contribution in [-0.2, 0) is 16.1 Å². The maximum Gasteiger partial charge on any atom is 0.266 e. The summed E-state index contributed by atoms with van der Waals surface area (Å²) in [6.45, 7) is 1.45. The van der Waals surface area contributed by atoms with Gasteiger partial charge in [0.25, 0.3) is 5.91 Å². The third-order valence-electron chi connectivity index (χ3n) is 5.72. The van der Waals surface area contributed by atoms with E-state index in [1.165, 1.54) is 17.8 Å². The lowest BCUT2D eigenvalue weighted by molar-refractivity contribution is -0.122. The van der Waals surface area contributed by atoms with Gasteiger partial charge in [0.05, 0.1) is 23.7 Å². The molecule has 1 saturated heterocycles. The van der Waals surface area contributed by atoms with E-state index >= 15 is 0 Å². The number of rotatable bonds is 7. The fourth-order valence-electron chi connectivity index (χ4n) is 4.01. The van der Waals surface area contributed by atoms with Crippen LogP contribution in [0.4, 0.5) is 10.1 Å². The molecule has 4 aromatic rings. The van der Waals surface area contributed by atoms with E-state index in [2.05, 4.69) is 10.6 Å². The SMILES string of the molecule is COCCN1C(=O)/C(=C\c2ccc3c(ccn3Cc3cccc(F)c3)c2)SC1=Nc1ccccc1. The van der Waals surface area contributed by atoms with E-state index in [0.717, 1.165) is 27.7 Å². The molecule has 0 N–H and O–H groups in total. The van der Waals surface area contributed by atoms with Gasteiger partial charge in [0.15, 0.2) is 5.17 Å². The van der Waals surface area contributed by atoms with Crippen molar-refractivity contribution in [2.45, 2.75) is 6.54 Å². The minimum absolute atomic E-state index is 0.0782. The van der Waals surface area contributed by atoms with E-state index in [4.69, 9.17) is 9.73 Å².